The van der Waals surface area contributed by atoms with Crippen molar-refractivity contribution in [2.24, 2.45) is 0 Å². The van der Waals surface area contributed by atoms with E-state index < -0.39 is 0 Å². The Morgan fingerprint density at radius 2 is 1.87 bits per heavy atom. The molecule has 0 heterocycles. The predicted molar refractivity (Wildman–Crippen MR) is 95.7 cm³/mol. The predicted octanol–water partition coefficient (Wildman–Crippen LogP) is 0.451. The first kappa shape index (κ1) is 18.3. The second-order valence-electron chi connectivity index (χ2n) is 5.80. The first-order valence-corrected chi connectivity index (χ1v) is 9.56. The molecular weight excluding hydrogens is 378 g/mol. The third-order valence-electron chi connectivity index (χ3n) is 3.37. The molecule has 0 aliphatic heterocycles. The van der Waals surface area contributed by atoms with Gasteiger partial charge in [-0.1, -0.05) is 15.9 Å². The first-order chi connectivity index (χ1) is 11.0. The number of amides is 2. The van der Waals surface area contributed by atoms with Gasteiger partial charge in [-0.15, -0.1) is 11.8 Å². The minimum absolute atomic E-state index is 0.0156. The Labute approximate surface area is 149 Å². The number of hydrogen-bond donors (Lipinski definition) is 3. The Morgan fingerprint density at radius 1 is 1.22 bits per heavy atom. The lowest BCUT2D eigenvalue weighted by atomic mass is 10.4. The summed E-state index contributed by atoms with van der Waals surface area (Å²) in [5.74, 6) is 0.843. The molecular formula is C16H23BrN3O2S+. The largest absolute Gasteiger partial charge is 0.350 e. The van der Waals surface area contributed by atoms with Crippen LogP contribution >= 0.6 is 27.7 Å². The van der Waals surface area contributed by atoms with Crippen molar-refractivity contribution in [3.63, 3.8) is 0 Å². The lowest BCUT2D eigenvalue weighted by molar-refractivity contribution is -0.862. The molecule has 7 heteroatoms. The molecule has 1 aliphatic carbocycles. The zero-order valence-corrected chi connectivity index (χ0v) is 15.6. The van der Waals surface area contributed by atoms with E-state index >= 15 is 0 Å². The first-order valence-electron chi connectivity index (χ1n) is 7.78. The third kappa shape index (κ3) is 7.85. The van der Waals surface area contributed by atoms with Crippen LogP contribution in [0, 0.1) is 0 Å². The van der Waals surface area contributed by atoms with Crippen LogP contribution in [0.3, 0.4) is 0 Å². The molecule has 0 radical (unpaired) electrons. The molecule has 0 saturated heterocycles. The van der Waals surface area contributed by atoms with Gasteiger partial charge >= 0.3 is 0 Å². The number of quaternary nitrogens is 1. The topological polar surface area (TPSA) is 62.6 Å². The number of rotatable bonds is 9. The summed E-state index contributed by atoms with van der Waals surface area (Å²) in [6, 6.07) is 8.48. The minimum Gasteiger partial charge on any atom is -0.350 e. The summed E-state index contributed by atoms with van der Waals surface area (Å²) in [6.45, 7) is 1.29. The molecule has 1 aromatic rings. The van der Waals surface area contributed by atoms with Gasteiger partial charge < -0.3 is 15.5 Å². The van der Waals surface area contributed by atoms with Crippen molar-refractivity contribution in [1.29, 1.82) is 0 Å². The number of carbonyl (C=O) groups excluding carboxylic acids is 2. The maximum atomic E-state index is 11.8. The van der Waals surface area contributed by atoms with Gasteiger partial charge in [-0.05, 0) is 37.1 Å². The molecule has 0 bridgehead atoms. The van der Waals surface area contributed by atoms with Gasteiger partial charge in [0, 0.05) is 27.7 Å². The molecule has 1 aliphatic rings. The summed E-state index contributed by atoms with van der Waals surface area (Å²) in [6.07, 6.45) is 2.17. The Balaban J connectivity index is 1.55. The molecule has 1 fully saturated rings. The highest BCUT2D eigenvalue weighted by Crippen LogP contribution is 2.20. The molecule has 126 valence electrons. The van der Waals surface area contributed by atoms with E-state index in [2.05, 4.69) is 26.6 Å². The molecule has 5 nitrogen and oxygen atoms in total. The number of likely N-dealkylation sites (N-methyl/N-ethyl adjacent to an activating group) is 1. The number of carbonyl (C=O) groups is 2. The van der Waals surface area contributed by atoms with E-state index in [-0.39, 0.29) is 11.8 Å². The van der Waals surface area contributed by atoms with Gasteiger partial charge in [0.15, 0.2) is 13.1 Å². The van der Waals surface area contributed by atoms with Crippen molar-refractivity contribution in [3.05, 3.63) is 28.7 Å². The van der Waals surface area contributed by atoms with Crippen LogP contribution in [0.15, 0.2) is 33.6 Å². The molecule has 2 amide bonds. The average molecular weight is 401 g/mol. The Kier molecular flexibility index (Phi) is 7.39. The number of hydrogen-bond acceptors (Lipinski definition) is 3. The minimum atomic E-state index is -0.0156. The lowest BCUT2D eigenvalue weighted by Gasteiger charge is -2.13. The summed E-state index contributed by atoms with van der Waals surface area (Å²) < 4.78 is 1.06. The van der Waals surface area contributed by atoms with E-state index in [1.807, 2.05) is 31.3 Å². The molecule has 0 aromatic heterocycles. The monoisotopic (exact) mass is 400 g/mol. The van der Waals surface area contributed by atoms with E-state index in [1.165, 1.54) is 4.90 Å². The molecule has 1 unspecified atom stereocenters. The molecule has 1 saturated carbocycles. The van der Waals surface area contributed by atoms with Crippen LogP contribution in [0.4, 0.5) is 0 Å². The molecule has 23 heavy (non-hydrogen) atoms. The summed E-state index contributed by atoms with van der Waals surface area (Å²) in [5, 5.41) is 5.83. The van der Waals surface area contributed by atoms with Gasteiger partial charge in [0.25, 0.3) is 11.8 Å². The summed E-state index contributed by atoms with van der Waals surface area (Å²) in [4.78, 5) is 25.6. The average Bonchev–Trinajstić information content (AvgIpc) is 3.29. The maximum absolute atomic E-state index is 11.8. The number of benzene rings is 1. The van der Waals surface area contributed by atoms with Crippen molar-refractivity contribution in [2.75, 3.05) is 32.4 Å². The quantitative estimate of drug-likeness (QED) is 0.416. The van der Waals surface area contributed by atoms with E-state index in [0.29, 0.717) is 25.7 Å². The number of thioether (sulfide) groups is 1. The zero-order valence-electron chi connectivity index (χ0n) is 13.2. The number of nitrogens with one attached hydrogen (secondary N) is 3. The van der Waals surface area contributed by atoms with Crippen LogP contribution in [-0.4, -0.2) is 50.3 Å². The summed E-state index contributed by atoms with van der Waals surface area (Å²) in [7, 11) is 1.86. The van der Waals surface area contributed by atoms with Crippen LogP contribution in [0.5, 0.6) is 0 Å². The van der Waals surface area contributed by atoms with Gasteiger partial charge in [-0.3, -0.25) is 9.59 Å². The van der Waals surface area contributed by atoms with Crippen molar-refractivity contribution in [1.82, 2.24) is 10.6 Å². The van der Waals surface area contributed by atoms with E-state index in [4.69, 9.17) is 0 Å². The van der Waals surface area contributed by atoms with Crippen LogP contribution in [0.25, 0.3) is 0 Å². The van der Waals surface area contributed by atoms with Crippen molar-refractivity contribution in [3.8, 4) is 0 Å². The molecule has 0 spiro atoms. The third-order valence-corrected chi connectivity index (χ3v) is 4.92. The van der Waals surface area contributed by atoms with Crippen molar-refractivity contribution in [2.45, 2.75) is 23.8 Å². The van der Waals surface area contributed by atoms with Gasteiger partial charge in [0.1, 0.15) is 0 Å². The van der Waals surface area contributed by atoms with E-state index in [9.17, 15) is 9.59 Å². The Morgan fingerprint density at radius 3 is 2.52 bits per heavy atom. The number of halogens is 1. The summed E-state index contributed by atoms with van der Waals surface area (Å²) >= 11 is 5.11. The summed E-state index contributed by atoms with van der Waals surface area (Å²) in [5.41, 5.74) is 0. The van der Waals surface area contributed by atoms with Gasteiger partial charge in [-0.2, -0.15) is 0 Å². The molecule has 1 atom stereocenters. The van der Waals surface area contributed by atoms with E-state index in [1.54, 1.807) is 11.8 Å². The van der Waals surface area contributed by atoms with Crippen LogP contribution < -0.4 is 15.5 Å². The Hall–Kier alpha value is -1.05. The highest BCUT2D eigenvalue weighted by Gasteiger charge is 2.24. The second kappa shape index (κ2) is 9.30. The highest BCUT2D eigenvalue weighted by molar-refractivity contribution is 9.10. The van der Waals surface area contributed by atoms with Crippen LogP contribution in [0.1, 0.15) is 12.8 Å². The highest BCUT2D eigenvalue weighted by atomic mass is 79.9. The van der Waals surface area contributed by atoms with Crippen molar-refractivity contribution < 1.29 is 14.5 Å². The van der Waals surface area contributed by atoms with Gasteiger partial charge in [0.05, 0.1) is 7.05 Å². The Bertz CT molecular complexity index is 535. The fourth-order valence-corrected chi connectivity index (χ4v) is 3.10. The normalized spacial score (nSPS) is 15.0. The smallest absolute Gasteiger partial charge is 0.275 e. The van der Waals surface area contributed by atoms with Gasteiger partial charge in [-0.25, -0.2) is 0 Å². The fraction of sp³-hybridized carbons (Fsp3) is 0.500. The fourth-order valence-electron chi connectivity index (χ4n) is 2.07. The van der Waals surface area contributed by atoms with Crippen LogP contribution in [-0.2, 0) is 9.59 Å². The molecule has 3 N–H and O–H groups in total. The van der Waals surface area contributed by atoms with Crippen LogP contribution in [0.2, 0.25) is 0 Å². The SMILES string of the molecule is C[NH+](CC(=O)NCCSc1ccc(Br)cc1)CC(=O)NC1CC1. The second-order valence-corrected chi connectivity index (χ2v) is 7.89. The maximum Gasteiger partial charge on any atom is 0.275 e. The molecule has 2 rings (SSSR count). The van der Waals surface area contributed by atoms with E-state index in [0.717, 1.165) is 28.0 Å². The lowest BCUT2D eigenvalue weighted by Crippen LogP contribution is -3.11. The standard InChI is InChI=1S/C16H22BrN3O2S/c1-20(11-16(22)19-13-4-5-13)10-15(21)18-8-9-23-14-6-2-12(17)3-7-14/h2-3,6-7,13H,4-5,8-11H2,1H3,(H,18,21)(H,19,22)/p+1. The molecule has 1 aromatic carbocycles. The van der Waals surface area contributed by atoms with Crippen molar-refractivity contribution >= 4 is 39.5 Å². The zero-order chi connectivity index (χ0) is 16.7. The van der Waals surface area contributed by atoms with Gasteiger partial charge in [0.2, 0.25) is 0 Å².